The van der Waals surface area contributed by atoms with Gasteiger partial charge in [-0.3, -0.25) is 9.78 Å². The Balaban J connectivity index is 1.28. The number of ether oxygens (including phenoxy) is 1. The number of benzene rings is 1. The van der Waals surface area contributed by atoms with Crippen LogP contribution in [0.1, 0.15) is 24.8 Å². The fraction of sp³-hybridized carbons (Fsp3) is 0.273. The van der Waals surface area contributed by atoms with Gasteiger partial charge in [0.1, 0.15) is 5.75 Å². The van der Waals surface area contributed by atoms with E-state index in [9.17, 15) is 4.79 Å². The molecule has 0 unspecified atom stereocenters. The van der Waals surface area contributed by atoms with Crippen molar-refractivity contribution >= 4 is 22.5 Å². The number of hydrogen-bond acceptors (Lipinski definition) is 3. The van der Waals surface area contributed by atoms with Gasteiger partial charge < -0.3 is 14.6 Å². The van der Waals surface area contributed by atoms with Crippen LogP contribution in [0, 0.1) is 0 Å². The van der Waals surface area contributed by atoms with Crippen LogP contribution in [0.5, 0.6) is 5.75 Å². The fourth-order valence-corrected chi connectivity index (χ4v) is 3.43. The number of aromatic amines is 1. The smallest absolute Gasteiger partial charge is 0.222 e. The Labute approximate surface area is 158 Å². The molecule has 1 amide bonds. The van der Waals surface area contributed by atoms with Crippen LogP contribution in [-0.2, 0) is 4.79 Å². The van der Waals surface area contributed by atoms with Gasteiger partial charge in [0.05, 0.1) is 17.6 Å². The Morgan fingerprint density at radius 2 is 2.07 bits per heavy atom. The Bertz CT molecular complexity index is 946. The number of nitrogens with one attached hydrogen (secondary N) is 1. The van der Waals surface area contributed by atoms with Crippen LogP contribution >= 0.6 is 0 Å². The number of hydrogen-bond donors (Lipinski definition) is 1. The third-order valence-electron chi connectivity index (χ3n) is 4.89. The van der Waals surface area contributed by atoms with Crippen molar-refractivity contribution in [2.45, 2.75) is 19.3 Å². The highest BCUT2D eigenvalue weighted by Crippen LogP contribution is 2.28. The minimum atomic E-state index is 0.194. The van der Waals surface area contributed by atoms with Crippen LogP contribution in [0.4, 0.5) is 0 Å². The summed E-state index contributed by atoms with van der Waals surface area (Å²) in [4.78, 5) is 22.1. The van der Waals surface area contributed by atoms with Gasteiger partial charge in [-0.15, -0.1) is 0 Å². The summed E-state index contributed by atoms with van der Waals surface area (Å²) in [5, 5.41) is 0. The van der Waals surface area contributed by atoms with Crippen molar-refractivity contribution in [2.75, 3.05) is 19.7 Å². The molecule has 2 aromatic heterocycles. The predicted molar refractivity (Wildman–Crippen MR) is 106 cm³/mol. The number of para-hydroxylation sites is 1. The topological polar surface area (TPSA) is 58.2 Å². The van der Waals surface area contributed by atoms with Crippen molar-refractivity contribution in [2.24, 2.45) is 0 Å². The molecule has 138 valence electrons. The second kappa shape index (κ2) is 8.08. The largest absolute Gasteiger partial charge is 0.494 e. The number of rotatable bonds is 6. The van der Waals surface area contributed by atoms with Crippen LogP contribution in [0.25, 0.3) is 16.6 Å². The van der Waals surface area contributed by atoms with E-state index in [1.54, 1.807) is 0 Å². The summed E-state index contributed by atoms with van der Waals surface area (Å²) in [5.74, 6) is 1.04. The van der Waals surface area contributed by atoms with Crippen molar-refractivity contribution in [3.05, 3.63) is 66.5 Å². The average molecular weight is 361 g/mol. The number of aromatic nitrogens is 2. The number of H-pyrrole nitrogens is 1. The van der Waals surface area contributed by atoms with Gasteiger partial charge in [-0.2, -0.15) is 0 Å². The van der Waals surface area contributed by atoms with E-state index in [2.05, 4.69) is 16.0 Å². The number of carbonyl (C=O) groups excluding carboxylic acids is 1. The van der Waals surface area contributed by atoms with Gasteiger partial charge in [-0.05, 0) is 42.7 Å². The van der Waals surface area contributed by atoms with Crippen LogP contribution in [0.2, 0.25) is 0 Å². The summed E-state index contributed by atoms with van der Waals surface area (Å²) in [5.41, 5.74) is 4.46. The molecule has 3 heterocycles. The lowest BCUT2D eigenvalue weighted by Gasteiger charge is -2.26. The lowest BCUT2D eigenvalue weighted by Crippen LogP contribution is -2.34. The normalized spacial score (nSPS) is 14.2. The molecule has 0 atom stereocenters. The second-order valence-electron chi connectivity index (χ2n) is 6.69. The predicted octanol–water partition coefficient (Wildman–Crippen LogP) is 4.04. The Hall–Kier alpha value is -3.08. The van der Waals surface area contributed by atoms with E-state index in [0.29, 0.717) is 19.6 Å². The van der Waals surface area contributed by atoms with Crippen molar-refractivity contribution in [3.8, 4) is 5.75 Å². The quantitative estimate of drug-likeness (QED) is 0.674. The second-order valence-corrected chi connectivity index (χ2v) is 6.69. The Kier molecular flexibility index (Phi) is 5.19. The maximum atomic E-state index is 12.4. The van der Waals surface area contributed by atoms with E-state index in [0.717, 1.165) is 41.7 Å². The highest BCUT2D eigenvalue weighted by molar-refractivity contribution is 5.90. The molecule has 0 fully saturated rings. The molecule has 1 aliphatic heterocycles. The standard InChI is InChI=1S/C22H23N3O2/c26-21(9-5-15-27-18-6-2-1-3-7-18)25-13-10-17(11-14-25)19-16-24-20-8-4-12-23-22(19)20/h1-4,6-8,10,12,16,24H,5,9,11,13-15H2. The van der Waals surface area contributed by atoms with E-state index < -0.39 is 0 Å². The Morgan fingerprint density at radius 1 is 1.19 bits per heavy atom. The molecule has 4 rings (SSSR count). The maximum absolute atomic E-state index is 12.4. The van der Waals surface area contributed by atoms with Crippen molar-refractivity contribution < 1.29 is 9.53 Å². The summed E-state index contributed by atoms with van der Waals surface area (Å²) in [6.45, 7) is 1.97. The third kappa shape index (κ3) is 4.03. The summed E-state index contributed by atoms with van der Waals surface area (Å²) in [7, 11) is 0. The number of amides is 1. The molecule has 5 nitrogen and oxygen atoms in total. The first-order chi connectivity index (χ1) is 13.3. The molecule has 0 aliphatic carbocycles. The van der Waals surface area contributed by atoms with E-state index in [1.807, 2.05) is 59.8 Å². The molecule has 0 bridgehead atoms. The maximum Gasteiger partial charge on any atom is 0.222 e. The number of carbonyl (C=O) groups is 1. The molecule has 1 N–H and O–H groups in total. The molecule has 0 spiro atoms. The van der Waals surface area contributed by atoms with Gasteiger partial charge >= 0.3 is 0 Å². The molecule has 1 aliphatic rings. The van der Waals surface area contributed by atoms with E-state index in [4.69, 9.17) is 4.74 Å². The van der Waals surface area contributed by atoms with Crippen LogP contribution in [0.3, 0.4) is 0 Å². The number of pyridine rings is 1. The fourth-order valence-electron chi connectivity index (χ4n) is 3.43. The summed E-state index contributed by atoms with van der Waals surface area (Å²) in [6, 6.07) is 13.7. The van der Waals surface area contributed by atoms with Gasteiger partial charge in [0.25, 0.3) is 0 Å². The zero-order chi connectivity index (χ0) is 18.5. The molecule has 27 heavy (non-hydrogen) atoms. The zero-order valence-corrected chi connectivity index (χ0v) is 15.2. The molecule has 1 aromatic carbocycles. The molecule has 3 aromatic rings. The lowest BCUT2D eigenvalue weighted by molar-refractivity contribution is -0.131. The van der Waals surface area contributed by atoms with Crippen LogP contribution < -0.4 is 4.74 Å². The lowest BCUT2D eigenvalue weighted by atomic mass is 10.0. The minimum Gasteiger partial charge on any atom is -0.494 e. The first-order valence-electron chi connectivity index (χ1n) is 9.38. The number of fused-ring (bicyclic) bond motifs is 1. The first kappa shape index (κ1) is 17.3. The van der Waals surface area contributed by atoms with Crippen LogP contribution in [0.15, 0.2) is 60.9 Å². The van der Waals surface area contributed by atoms with Crippen molar-refractivity contribution in [3.63, 3.8) is 0 Å². The highest BCUT2D eigenvalue weighted by Gasteiger charge is 2.19. The summed E-state index contributed by atoms with van der Waals surface area (Å²) in [6.07, 6.45) is 8.09. The molecule has 0 saturated heterocycles. The molecule has 0 saturated carbocycles. The average Bonchev–Trinajstić information content (AvgIpc) is 3.16. The monoisotopic (exact) mass is 361 g/mol. The van der Waals surface area contributed by atoms with Crippen molar-refractivity contribution in [1.29, 1.82) is 0 Å². The van der Waals surface area contributed by atoms with Gasteiger partial charge in [0.2, 0.25) is 5.91 Å². The van der Waals surface area contributed by atoms with E-state index in [1.165, 1.54) is 5.57 Å². The minimum absolute atomic E-state index is 0.194. The molecular weight excluding hydrogens is 338 g/mol. The molecule has 0 radical (unpaired) electrons. The van der Waals surface area contributed by atoms with Gasteiger partial charge in [-0.25, -0.2) is 0 Å². The third-order valence-corrected chi connectivity index (χ3v) is 4.89. The van der Waals surface area contributed by atoms with Crippen LogP contribution in [-0.4, -0.2) is 40.5 Å². The molecular formula is C22H23N3O2. The van der Waals surface area contributed by atoms with Gasteiger partial charge in [-0.1, -0.05) is 24.3 Å². The SMILES string of the molecule is O=C(CCCOc1ccccc1)N1CC=C(c2c[nH]c3cccnc23)CC1. The van der Waals surface area contributed by atoms with E-state index >= 15 is 0 Å². The molecule has 5 heteroatoms. The summed E-state index contributed by atoms with van der Waals surface area (Å²) < 4.78 is 5.66. The van der Waals surface area contributed by atoms with Crippen molar-refractivity contribution in [1.82, 2.24) is 14.9 Å². The summed E-state index contributed by atoms with van der Waals surface area (Å²) >= 11 is 0. The zero-order valence-electron chi connectivity index (χ0n) is 15.2. The van der Waals surface area contributed by atoms with Gasteiger partial charge in [0.15, 0.2) is 0 Å². The highest BCUT2D eigenvalue weighted by atomic mass is 16.5. The van der Waals surface area contributed by atoms with E-state index in [-0.39, 0.29) is 5.91 Å². The number of nitrogens with zero attached hydrogens (tertiary/aromatic N) is 2. The van der Waals surface area contributed by atoms with Gasteiger partial charge in [0, 0.05) is 37.5 Å². The Morgan fingerprint density at radius 3 is 2.89 bits per heavy atom. The first-order valence-corrected chi connectivity index (χ1v) is 9.38.